The summed E-state index contributed by atoms with van der Waals surface area (Å²) in [6.07, 6.45) is -1.77. The third-order valence-corrected chi connectivity index (χ3v) is 5.83. The lowest BCUT2D eigenvalue weighted by molar-refractivity contribution is -0.137. The number of alkyl halides is 3. The van der Waals surface area contributed by atoms with E-state index in [9.17, 15) is 13.2 Å². The maximum absolute atomic E-state index is 13.7. The molecule has 0 bridgehead atoms. The Balaban J connectivity index is 1.63. The number of hydrogen-bond acceptors (Lipinski definition) is 2. The lowest BCUT2D eigenvalue weighted by atomic mass is 10.00. The van der Waals surface area contributed by atoms with Gasteiger partial charge in [0.25, 0.3) is 0 Å². The molecular weight excluding hydrogens is 411 g/mol. The average Bonchev–Trinajstić information content (AvgIpc) is 2.99. The van der Waals surface area contributed by atoms with E-state index in [4.69, 9.17) is 5.10 Å². The Morgan fingerprint density at radius 2 is 1.41 bits per heavy atom. The predicted molar refractivity (Wildman–Crippen MR) is 121 cm³/mol. The highest BCUT2D eigenvalue weighted by Crippen LogP contribution is 2.39. The first-order valence-corrected chi connectivity index (χ1v) is 10.7. The van der Waals surface area contributed by atoms with Gasteiger partial charge in [-0.1, -0.05) is 66.7 Å². The largest absolute Gasteiger partial charge is 0.418 e. The van der Waals surface area contributed by atoms with Gasteiger partial charge in [0.2, 0.25) is 0 Å². The fourth-order valence-corrected chi connectivity index (χ4v) is 4.26. The Kier molecular flexibility index (Phi) is 5.21. The molecular formula is C26H22F3N3. The Labute approximate surface area is 184 Å². The summed E-state index contributed by atoms with van der Waals surface area (Å²) in [6, 6.07) is 23.7. The molecule has 162 valence electrons. The molecule has 0 radical (unpaired) electrons. The number of halogens is 3. The molecule has 1 aromatic heterocycles. The summed E-state index contributed by atoms with van der Waals surface area (Å²) >= 11 is 0. The molecule has 1 aliphatic rings. The van der Waals surface area contributed by atoms with Gasteiger partial charge in [-0.15, -0.1) is 0 Å². The molecule has 2 heterocycles. The predicted octanol–water partition coefficient (Wildman–Crippen LogP) is 6.97. The van der Waals surface area contributed by atoms with Crippen molar-refractivity contribution >= 4 is 5.82 Å². The van der Waals surface area contributed by atoms with Crippen molar-refractivity contribution < 1.29 is 13.2 Å². The number of nitrogens with one attached hydrogen (secondary N) is 1. The van der Waals surface area contributed by atoms with Gasteiger partial charge in [-0.2, -0.15) is 18.3 Å². The third kappa shape index (κ3) is 3.77. The van der Waals surface area contributed by atoms with E-state index in [2.05, 4.69) is 5.32 Å². The van der Waals surface area contributed by atoms with Crippen LogP contribution in [0.1, 0.15) is 24.0 Å². The second-order valence-electron chi connectivity index (χ2n) is 7.93. The summed E-state index contributed by atoms with van der Waals surface area (Å²) in [5.41, 5.74) is 4.13. The van der Waals surface area contributed by atoms with Crippen LogP contribution in [0, 0.1) is 0 Å². The van der Waals surface area contributed by atoms with Crippen LogP contribution in [0.3, 0.4) is 0 Å². The van der Waals surface area contributed by atoms with E-state index < -0.39 is 11.7 Å². The second kappa shape index (κ2) is 8.19. The van der Waals surface area contributed by atoms with E-state index in [0.717, 1.165) is 53.3 Å². The fraction of sp³-hybridized carbons (Fsp3) is 0.192. The van der Waals surface area contributed by atoms with Crippen molar-refractivity contribution in [3.63, 3.8) is 0 Å². The highest BCUT2D eigenvalue weighted by Gasteiger charge is 2.35. The number of benzene rings is 3. The molecule has 32 heavy (non-hydrogen) atoms. The van der Waals surface area contributed by atoms with E-state index in [1.165, 1.54) is 16.8 Å². The van der Waals surface area contributed by atoms with Crippen LogP contribution < -0.4 is 5.32 Å². The fourth-order valence-electron chi connectivity index (χ4n) is 4.26. The number of fused-ring (bicyclic) bond motifs is 1. The zero-order valence-electron chi connectivity index (χ0n) is 17.4. The van der Waals surface area contributed by atoms with Crippen LogP contribution in [0.4, 0.5) is 19.0 Å². The van der Waals surface area contributed by atoms with E-state index in [1.807, 2.05) is 54.6 Å². The zero-order chi connectivity index (χ0) is 22.1. The number of aromatic nitrogens is 2. The maximum Gasteiger partial charge on any atom is 0.418 e. The highest BCUT2D eigenvalue weighted by molar-refractivity contribution is 5.74. The number of para-hydroxylation sites is 1. The van der Waals surface area contributed by atoms with Crippen LogP contribution in [0.2, 0.25) is 0 Å². The molecule has 0 fully saturated rings. The average molecular weight is 433 g/mol. The lowest BCUT2D eigenvalue weighted by Crippen LogP contribution is -2.14. The first-order valence-electron chi connectivity index (χ1n) is 10.7. The van der Waals surface area contributed by atoms with E-state index in [0.29, 0.717) is 12.4 Å². The van der Waals surface area contributed by atoms with Crippen molar-refractivity contribution in [3.05, 3.63) is 90.0 Å². The van der Waals surface area contributed by atoms with Crippen LogP contribution >= 0.6 is 0 Å². The summed E-state index contributed by atoms with van der Waals surface area (Å²) in [4.78, 5) is 0. The maximum atomic E-state index is 13.7. The summed E-state index contributed by atoms with van der Waals surface area (Å²) < 4.78 is 42.6. The van der Waals surface area contributed by atoms with E-state index in [-0.39, 0.29) is 5.69 Å². The molecule has 0 spiro atoms. The Morgan fingerprint density at radius 1 is 0.750 bits per heavy atom. The van der Waals surface area contributed by atoms with Gasteiger partial charge < -0.3 is 5.32 Å². The summed E-state index contributed by atoms with van der Waals surface area (Å²) in [6.45, 7) is 0.708. The molecule has 3 aromatic carbocycles. The molecule has 0 atom stereocenters. The van der Waals surface area contributed by atoms with Gasteiger partial charge in [0.1, 0.15) is 5.82 Å². The van der Waals surface area contributed by atoms with Crippen LogP contribution in [-0.4, -0.2) is 16.3 Å². The molecule has 6 heteroatoms. The standard InChI is InChI=1S/C26H22F3N3/c27-26(28,29)22-11-4-5-12-23(22)32-25-21(10-6-7-17-30-25)24(31-32)20-15-13-19(14-16-20)18-8-2-1-3-9-18/h1-5,8-9,11-16,30H,6-7,10,17H2. The van der Waals surface area contributed by atoms with E-state index in [1.54, 1.807) is 6.07 Å². The zero-order valence-corrected chi connectivity index (χ0v) is 17.4. The molecule has 0 saturated carbocycles. The molecule has 3 nitrogen and oxygen atoms in total. The molecule has 5 rings (SSSR count). The van der Waals surface area contributed by atoms with Gasteiger partial charge in [-0.25, -0.2) is 4.68 Å². The van der Waals surface area contributed by atoms with Gasteiger partial charge in [0, 0.05) is 17.7 Å². The molecule has 0 saturated heterocycles. The Bertz CT molecular complexity index is 1230. The molecule has 4 aromatic rings. The molecule has 0 unspecified atom stereocenters. The van der Waals surface area contributed by atoms with Crippen molar-refractivity contribution in [3.8, 4) is 28.1 Å². The van der Waals surface area contributed by atoms with Gasteiger partial charge >= 0.3 is 6.18 Å². The number of hydrogen-bond donors (Lipinski definition) is 1. The van der Waals surface area contributed by atoms with Crippen LogP contribution in [0.25, 0.3) is 28.1 Å². The summed E-state index contributed by atoms with van der Waals surface area (Å²) in [5.74, 6) is 0.654. The Morgan fingerprint density at radius 3 is 2.16 bits per heavy atom. The molecule has 0 amide bonds. The topological polar surface area (TPSA) is 29.9 Å². The van der Waals surface area contributed by atoms with Crippen molar-refractivity contribution in [2.75, 3.05) is 11.9 Å². The minimum absolute atomic E-state index is 0.0396. The minimum Gasteiger partial charge on any atom is -0.370 e. The van der Waals surface area contributed by atoms with Gasteiger partial charge in [0.05, 0.1) is 16.9 Å². The highest BCUT2D eigenvalue weighted by atomic mass is 19.4. The smallest absolute Gasteiger partial charge is 0.370 e. The molecule has 1 N–H and O–H groups in total. The molecule has 1 aliphatic heterocycles. The van der Waals surface area contributed by atoms with E-state index >= 15 is 0 Å². The minimum atomic E-state index is -4.46. The quantitative estimate of drug-likeness (QED) is 0.378. The van der Waals surface area contributed by atoms with Crippen LogP contribution in [0.5, 0.6) is 0 Å². The number of nitrogens with zero attached hydrogens (tertiary/aromatic N) is 2. The number of rotatable bonds is 3. The van der Waals surface area contributed by atoms with Crippen molar-refractivity contribution in [2.24, 2.45) is 0 Å². The normalized spacial score (nSPS) is 13.8. The van der Waals surface area contributed by atoms with Crippen molar-refractivity contribution in [1.82, 2.24) is 9.78 Å². The van der Waals surface area contributed by atoms with Crippen LogP contribution in [-0.2, 0) is 12.6 Å². The summed E-state index contributed by atoms with van der Waals surface area (Å²) in [5, 5.41) is 8.04. The lowest BCUT2D eigenvalue weighted by Gasteiger charge is -2.15. The van der Waals surface area contributed by atoms with Crippen LogP contribution in [0.15, 0.2) is 78.9 Å². The van der Waals surface area contributed by atoms with Gasteiger partial charge in [0.15, 0.2) is 0 Å². The third-order valence-electron chi connectivity index (χ3n) is 5.83. The SMILES string of the molecule is FC(F)(F)c1ccccc1-n1nc(-c2ccc(-c3ccccc3)cc2)c2c1NCCCC2. The van der Waals surface area contributed by atoms with Gasteiger partial charge in [-0.05, 0) is 42.5 Å². The van der Waals surface area contributed by atoms with Gasteiger partial charge in [-0.3, -0.25) is 0 Å². The number of anilines is 1. The summed E-state index contributed by atoms with van der Waals surface area (Å²) in [7, 11) is 0. The monoisotopic (exact) mass is 433 g/mol. The first-order chi connectivity index (χ1) is 15.5. The van der Waals surface area contributed by atoms with Crippen molar-refractivity contribution in [1.29, 1.82) is 0 Å². The first kappa shape index (κ1) is 20.4. The van der Waals surface area contributed by atoms with Crippen molar-refractivity contribution in [2.45, 2.75) is 25.4 Å². The molecule has 0 aliphatic carbocycles. The second-order valence-corrected chi connectivity index (χ2v) is 7.93. The Hall–Kier alpha value is -3.54.